The Morgan fingerprint density at radius 3 is 2.45 bits per heavy atom. The van der Waals surface area contributed by atoms with Gasteiger partial charge in [-0.05, 0) is 68.3 Å². The molecule has 1 aromatic heterocycles. The van der Waals surface area contributed by atoms with Gasteiger partial charge in [-0.1, -0.05) is 41.9 Å². The number of para-hydroxylation sites is 2. The Balaban J connectivity index is 1.82. The van der Waals surface area contributed by atoms with Crippen molar-refractivity contribution in [1.82, 2.24) is 14.5 Å². The lowest BCUT2D eigenvalue weighted by Gasteiger charge is -2.28. The van der Waals surface area contributed by atoms with Gasteiger partial charge in [-0.25, -0.2) is 9.78 Å². The van der Waals surface area contributed by atoms with E-state index in [-0.39, 0.29) is 11.6 Å². The number of hydrogen-bond donors (Lipinski definition) is 1. The molecule has 1 N–H and O–H groups in total. The van der Waals surface area contributed by atoms with E-state index in [0.717, 1.165) is 16.8 Å². The lowest BCUT2D eigenvalue weighted by molar-refractivity contribution is 0.205. The fourth-order valence-electron chi connectivity index (χ4n) is 3.80. The number of halogens is 1. The van der Waals surface area contributed by atoms with Gasteiger partial charge in [-0.2, -0.15) is 0 Å². The minimum Gasteiger partial charge on any atom is -0.318 e. The highest BCUT2D eigenvalue weighted by Gasteiger charge is 2.25. The fraction of sp³-hybridized carbons (Fsp3) is 0.192. The van der Waals surface area contributed by atoms with Crippen molar-refractivity contribution in [3.05, 3.63) is 99.1 Å². The molecule has 33 heavy (non-hydrogen) atoms. The van der Waals surface area contributed by atoms with Crippen LogP contribution in [0.1, 0.15) is 29.9 Å². The molecule has 0 bridgehead atoms. The summed E-state index contributed by atoms with van der Waals surface area (Å²) in [6.45, 7) is 5.69. The molecule has 2 amide bonds. The minimum absolute atomic E-state index is 0.194. The molecule has 1 atom stereocenters. The standard InChI is InChI=1S/C26H25ClN4O2/c1-16-9-5-7-11-21(16)29-26(33)30(4)18(3)24-28-22-12-8-6-10-20(22)25(32)31(24)23-14-13-19(27)15-17(23)2/h5-15,18H,1-4H3,(H,29,33). The smallest absolute Gasteiger partial charge is 0.318 e. The third kappa shape index (κ3) is 4.34. The molecule has 1 unspecified atom stereocenters. The number of aryl methyl sites for hydroxylation is 2. The second-order valence-electron chi connectivity index (χ2n) is 8.09. The van der Waals surface area contributed by atoms with Crippen LogP contribution in [-0.4, -0.2) is 27.5 Å². The van der Waals surface area contributed by atoms with Gasteiger partial charge in [0.25, 0.3) is 5.56 Å². The summed E-state index contributed by atoms with van der Waals surface area (Å²) in [7, 11) is 1.69. The molecule has 1 heterocycles. The van der Waals surface area contributed by atoms with E-state index in [4.69, 9.17) is 16.6 Å². The molecule has 0 saturated carbocycles. The average molecular weight is 461 g/mol. The maximum Gasteiger partial charge on any atom is 0.322 e. The first kappa shape index (κ1) is 22.6. The zero-order chi connectivity index (χ0) is 23.7. The van der Waals surface area contributed by atoms with Crippen LogP contribution in [0.2, 0.25) is 5.02 Å². The zero-order valence-corrected chi connectivity index (χ0v) is 19.7. The highest BCUT2D eigenvalue weighted by atomic mass is 35.5. The van der Waals surface area contributed by atoms with Gasteiger partial charge in [-0.3, -0.25) is 9.36 Å². The highest BCUT2D eigenvalue weighted by Crippen LogP contribution is 2.25. The van der Waals surface area contributed by atoms with Crippen LogP contribution in [0.3, 0.4) is 0 Å². The molecule has 0 fully saturated rings. The van der Waals surface area contributed by atoms with Crippen molar-refractivity contribution in [3.63, 3.8) is 0 Å². The molecule has 4 rings (SSSR count). The summed E-state index contributed by atoms with van der Waals surface area (Å²) in [6.07, 6.45) is 0. The van der Waals surface area contributed by atoms with Crippen LogP contribution in [0.5, 0.6) is 0 Å². The molecule has 0 aliphatic carbocycles. The van der Waals surface area contributed by atoms with Crippen LogP contribution in [0.25, 0.3) is 16.6 Å². The van der Waals surface area contributed by atoms with Crippen molar-refractivity contribution in [2.24, 2.45) is 0 Å². The van der Waals surface area contributed by atoms with Gasteiger partial charge in [0.2, 0.25) is 0 Å². The van der Waals surface area contributed by atoms with Gasteiger partial charge in [0, 0.05) is 17.8 Å². The number of anilines is 1. The van der Waals surface area contributed by atoms with E-state index >= 15 is 0 Å². The molecule has 3 aromatic carbocycles. The molecule has 0 spiro atoms. The molecule has 0 aliphatic heterocycles. The SMILES string of the molecule is Cc1ccccc1NC(=O)N(C)C(C)c1nc2ccccc2c(=O)n1-c1ccc(Cl)cc1C. The predicted octanol–water partition coefficient (Wildman–Crippen LogP) is 5.88. The van der Waals surface area contributed by atoms with Crippen molar-refractivity contribution in [2.75, 3.05) is 12.4 Å². The second kappa shape index (κ2) is 9.08. The normalized spacial score (nSPS) is 11.9. The number of carbonyl (C=O) groups excluding carboxylic acids is 1. The van der Waals surface area contributed by atoms with E-state index in [1.807, 2.05) is 63.2 Å². The number of benzene rings is 3. The van der Waals surface area contributed by atoms with E-state index in [2.05, 4.69) is 5.32 Å². The molecule has 6 nitrogen and oxygen atoms in total. The summed E-state index contributed by atoms with van der Waals surface area (Å²) in [5, 5.41) is 4.04. The number of urea groups is 1. The summed E-state index contributed by atoms with van der Waals surface area (Å²) >= 11 is 6.16. The Labute approximate surface area is 197 Å². The van der Waals surface area contributed by atoms with Crippen LogP contribution < -0.4 is 10.9 Å². The average Bonchev–Trinajstić information content (AvgIpc) is 2.80. The molecule has 0 aliphatic rings. The zero-order valence-electron chi connectivity index (χ0n) is 19.0. The number of carbonyl (C=O) groups is 1. The third-order valence-corrected chi connectivity index (χ3v) is 6.10. The largest absolute Gasteiger partial charge is 0.322 e. The van der Waals surface area contributed by atoms with E-state index in [0.29, 0.717) is 27.4 Å². The Morgan fingerprint density at radius 2 is 1.73 bits per heavy atom. The molecule has 4 aromatic rings. The van der Waals surface area contributed by atoms with Crippen molar-refractivity contribution in [2.45, 2.75) is 26.8 Å². The van der Waals surface area contributed by atoms with Gasteiger partial charge in [0.1, 0.15) is 5.82 Å². The van der Waals surface area contributed by atoms with E-state index < -0.39 is 6.04 Å². The summed E-state index contributed by atoms with van der Waals surface area (Å²) in [6, 6.07) is 19.4. The Kier molecular flexibility index (Phi) is 6.20. The van der Waals surface area contributed by atoms with E-state index in [1.54, 1.807) is 40.8 Å². The van der Waals surface area contributed by atoms with Gasteiger partial charge in [0.15, 0.2) is 0 Å². The van der Waals surface area contributed by atoms with Crippen molar-refractivity contribution < 1.29 is 4.79 Å². The predicted molar refractivity (Wildman–Crippen MR) is 133 cm³/mol. The molecular formula is C26H25ClN4O2. The third-order valence-electron chi connectivity index (χ3n) is 5.86. The first-order chi connectivity index (χ1) is 15.8. The maximum atomic E-state index is 13.6. The number of aromatic nitrogens is 2. The quantitative estimate of drug-likeness (QED) is 0.413. The number of amides is 2. The number of rotatable bonds is 4. The lowest BCUT2D eigenvalue weighted by Crippen LogP contribution is -2.37. The fourth-order valence-corrected chi connectivity index (χ4v) is 4.02. The van der Waals surface area contributed by atoms with E-state index in [9.17, 15) is 9.59 Å². The maximum absolute atomic E-state index is 13.6. The van der Waals surface area contributed by atoms with Crippen LogP contribution in [0.4, 0.5) is 10.5 Å². The summed E-state index contributed by atoms with van der Waals surface area (Å²) < 4.78 is 1.58. The Bertz CT molecular complexity index is 1410. The van der Waals surface area contributed by atoms with Crippen molar-refractivity contribution >= 4 is 34.2 Å². The van der Waals surface area contributed by atoms with Gasteiger partial charge in [-0.15, -0.1) is 0 Å². The van der Waals surface area contributed by atoms with Crippen LogP contribution in [0, 0.1) is 13.8 Å². The summed E-state index contributed by atoms with van der Waals surface area (Å²) in [4.78, 5) is 33.0. The number of nitrogens with zero attached hydrogens (tertiary/aromatic N) is 3. The van der Waals surface area contributed by atoms with Gasteiger partial charge in [0.05, 0.1) is 22.6 Å². The summed E-state index contributed by atoms with van der Waals surface area (Å²) in [5.41, 5.74) is 3.60. The van der Waals surface area contributed by atoms with Gasteiger partial charge >= 0.3 is 6.03 Å². The molecule has 0 saturated heterocycles. The Morgan fingerprint density at radius 1 is 1.03 bits per heavy atom. The van der Waals surface area contributed by atoms with Crippen molar-refractivity contribution in [1.29, 1.82) is 0 Å². The monoisotopic (exact) mass is 460 g/mol. The molecular weight excluding hydrogens is 436 g/mol. The Hall–Kier alpha value is -3.64. The number of fused-ring (bicyclic) bond motifs is 1. The van der Waals surface area contributed by atoms with Crippen molar-refractivity contribution in [3.8, 4) is 5.69 Å². The molecule has 7 heteroatoms. The topological polar surface area (TPSA) is 67.2 Å². The summed E-state index contributed by atoms with van der Waals surface area (Å²) in [5.74, 6) is 0.464. The number of hydrogen-bond acceptors (Lipinski definition) is 3. The van der Waals surface area contributed by atoms with Gasteiger partial charge < -0.3 is 10.2 Å². The van der Waals surface area contributed by atoms with E-state index in [1.165, 1.54) is 0 Å². The second-order valence-corrected chi connectivity index (χ2v) is 8.53. The number of nitrogens with one attached hydrogen (secondary N) is 1. The molecule has 168 valence electrons. The highest BCUT2D eigenvalue weighted by molar-refractivity contribution is 6.30. The van der Waals surface area contributed by atoms with Crippen LogP contribution >= 0.6 is 11.6 Å². The molecule has 0 radical (unpaired) electrons. The first-order valence-corrected chi connectivity index (χ1v) is 11.0. The van der Waals surface area contributed by atoms with Crippen LogP contribution in [0.15, 0.2) is 71.5 Å². The minimum atomic E-state index is -0.499. The van der Waals surface area contributed by atoms with Crippen LogP contribution in [-0.2, 0) is 0 Å². The first-order valence-electron chi connectivity index (χ1n) is 10.7. The lowest BCUT2D eigenvalue weighted by atomic mass is 10.1.